The van der Waals surface area contributed by atoms with Crippen LogP contribution in [0.3, 0.4) is 0 Å². The lowest BCUT2D eigenvalue weighted by Gasteiger charge is -2.12. The number of halogens is 1. The molecule has 0 unspecified atom stereocenters. The van der Waals surface area contributed by atoms with E-state index >= 15 is 0 Å². The maximum atomic E-state index is 12.4. The summed E-state index contributed by atoms with van der Waals surface area (Å²) in [5, 5.41) is 4.26. The Morgan fingerprint density at radius 1 is 0.833 bits per heavy atom. The van der Waals surface area contributed by atoms with Crippen LogP contribution in [0.25, 0.3) is 43.7 Å². The van der Waals surface area contributed by atoms with Gasteiger partial charge in [0.25, 0.3) is 0 Å². The summed E-state index contributed by atoms with van der Waals surface area (Å²) in [4.78, 5) is 12.4. The van der Waals surface area contributed by atoms with Crippen LogP contribution >= 0.6 is 15.9 Å². The second kappa shape index (κ2) is 8.85. The first-order chi connectivity index (χ1) is 17.5. The van der Waals surface area contributed by atoms with Gasteiger partial charge in [-0.25, -0.2) is 0 Å². The van der Waals surface area contributed by atoms with E-state index in [1.165, 1.54) is 10.8 Å². The lowest BCUT2D eigenvalue weighted by atomic mass is 10.0. The Labute approximate surface area is 217 Å². The van der Waals surface area contributed by atoms with Crippen LogP contribution in [0.1, 0.15) is 15.9 Å². The summed E-state index contributed by atoms with van der Waals surface area (Å²) in [7, 11) is 1.67. The number of methoxy groups -OCH3 is 1. The molecule has 2 N–H and O–H groups in total. The van der Waals surface area contributed by atoms with Crippen molar-refractivity contribution in [2.24, 2.45) is 5.73 Å². The second-order valence-corrected chi connectivity index (χ2v) is 9.66. The molecule has 0 saturated carbocycles. The molecule has 36 heavy (non-hydrogen) atoms. The molecule has 0 atom stereocenters. The van der Waals surface area contributed by atoms with E-state index in [0.717, 1.165) is 48.7 Å². The lowest BCUT2D eigenvalue weighted by Crippen LogP contribution is -2.11. The van der Waals surface area contributed by atoms with Crippen molar-refractivity contribution in [3.63, 3.8) is 0 Å². The molecule has 4 nitrogen and oxygen atoms in total. The summed E-state index contributed by atoms with van der Waals surface area (Å²) in [5.41, 5.74) is 11.7. The number of amides is 1. The Bertz CT molecular complexity index is 1790. The Balaban J connectivity index is 1.60. The monoisotopic (exact) mass is 534 g/mol. The predicted octanol–water partition coefficient (Wildman–Crippen LogP) is 7.53. The van der Waals surface area contributed by atoms with E-state index < -0.39 is 5.91 Å². The van der Waals surface area contributed by atoms with Crippen molar-refractivity contribution in [2.75, 3.05) is 7.11 Å². The van der Waals surface area contributed by atoms with Gasteiger partial charge >= 0.3 is 0 Å². The van der Waals surface area contributed by atoms with Gasteiger partial charge in [-0.05, 0) is 73.7 Å². The van der Waals surface area contributed by atoms with Crippen LogP contribution < -0.4 is 10.5 Å². The number of nitrogens with two attached hydrogens (primary N) is 1. The first kappa shape index (κ1) is 22.4. The lowest BCUT2D eigenvalue weighted by molar-refractivity contribution is 0.100. The molecule has 0 radical (unpaired) electrons. The molecule has 1 amide bonds. The average molecular weight is 535 g/mol. The third kappa shape index (κ3) is 3.64. The van der Waals surface area contributed by atoms with E-state index in [9.17, 15) is 4.79 Å². The highest BCUT2D eigenvalue weighted by Crippen LogP contribution is 2.37. The number of hydrogen-bond donors (Lipinski definition) is 1. The van der Waals surface area contributed by atoms with Crippen LogP contribution in [-0.2, 0) is 6.54 Å². The topological polar surface area (TPSA) is 57.2 Å². The third-order valence-electron chi connectivity index (χ3n) is 6.85. The molecule has 176 valence electrons. The molecule has 6 rings (SSSR count). The quantitative estimate of drug-likeness (QED) is 0.248. The molecule has 0 aliphatic heterocycles. The number of primary amides is 1. The van der Waals surface area contributed by atoms with Crippen LogP contribution in [0.4, 0.5) is 0 Å². The molecule has 6 aromatic rings. The Kier molecular flexibility index (Phi) is 5.50. The molecule has 0 saturated heterocycles. The van der Waals surface area contributed by atoms with Crippen molar-refractivity contribution in [3.05, 3.63) is 113 Å². The normalized spacial score (nSPS) is 11.4. The molecular formula is C31H23BrN2O2. The van der Waals surface area contributed by atoms with Gasteiger partial charge in [-0.1, -0.05) is 66.7 Å². The summed E-state index contributed by atoms with van der Waals surface area (Å²) in [5.74, 6) is 0.395. The number of hydrogen-bond acceptors (Lipinski definition) is 2. The fraction of sp³-hybridized carbons (Fsp3) is 0.0645. The van der Waals surface area contributed by atoms with Gasteiger partial charge in [0.1, 0.15) is 5.75 Å². The Morgan fingerprint density at radius 3 is 2.39 bits per heavy atom. The van der Waals surface area contributed by atoms with Gasteiger partial charge < -0.3 is 15.0 Å². The largest absolute Gasteiger partial charge is 0.497 e. The number of carbonyl (C=O) groups excluding carboxylic acids is 1. The van der Waals surface area contributed by atoms with Gasteiger partial charge in [-0.3, -0.25) is 4.79 Å². The minimum Gasteiger partial charge on any atom is -0.497 e. The van der Waals surface area contributed by atoms with E-state index in [2.05, 4.69) is 87.2 Å². The van der Waals surface area contributed by atoms with Gasteiger partial charge in [0.05, 0.1) is 18.1 Å². The van der Waals surface area contributed by atoms with Crippen molar-refractivity contribution in [3.8, 4) is 16.9 Å². The predicted molar refractivity (Wildman–Crippen MR) is 151 cm³/mol. The first-order valence-electron chi connectivity index (χ1n) is 11.7. The number of benzene rings is 5. The Morgan fingerprint density at radius 2 is 1.61 bits per heavy atom. The van der Waals surface area contributed by atoms with Crippen molar-refractivity contribution >= 4 is 54.4 Å². The third-order valence-corrected chi connectivity index (χ3v) is 7.79. The molecule has 0 fully saturated rings. The smallest absolute Gasteiger partial charge is 0.249 e. The molecule has 0 bridgehead atoms. The fourth-order valence-corrected chi connectivity index (χ4v) is 5.67. The van der Waals surface area contributed by atoms with E-state index in [4.69, 9.17) is 10.5 Å². The minimum atomic E-state index is -0.425. The minimum absolute atomic E-state index is 0.425. The zero-order valence-corrected chi connectivity index (χ0v) is 21.2. The van der Waals surface area contributed by atoms with E-state index in [-0.39, 0.29) is 0 Å². The molecule has 1 aromatic heterocycles. The summed E-state index contributed by atoms with van der Waals surface area (Å²) in [6.45, 7) is 0.639. The van der Waals surface area contributed by atoms with Crippen LogP contribution in [0.5, 0.6) is 5.75 Å². The van der Waals surface area contributed by atoms with Crippen LogP contribution in [0.15, 0.2) is 102 Å². The highest BCUT2D eigenvalue weighted by Gasteiger charge is 2.18. The van der Waals surface area contributed by atoms with Gasteiger partial charge in [0, 0.05) is 27.4 Å². The van der Waals surface area contributed by atoms with Crippen LogP contribution in [0, 0.1) is 0 Å². The molecule has 5 heteroatoms. The molecule has 0 aliphatic carbocycles. The van der Waals surface area contributed by atoms with E-state index in [0.29, 0.717) is 12.1 Å². The van der Waals surface area contributed by atoms with Gasteiger partial charge in [0.15, 0.2) is 0 Å². The second-order valence-electron chi connectivity index (χ2n) is 8.87. The fourth-order valence-electron chi connectivity index (χ4n) is 5.05. The molecule has 5 aromatic carbocycles. The zero-order chi connectivity index (χ0) is 24.8. The summed E-state index contributed by atoms with van der Waals surface area (Å²) >= 11 is 3.86. The standard InChI is InChI=1S/C31H23BrN2O2/c1-36-23-14-11-19(12-15-23)21-13-16-25-28(17-21)34(27-8-4-7-26(29(25)27)31(33)35)18-22-10-9-20-5-2-3-6-24(20)30(22)32/h2-17H,18H2,1H3,(H2,33,35). The number of aromatic nitrogens is 1. The van der Waals surface area contributed by atoms with Crippen molar-refractivity contribution in [2.45, 2.75) is 6.54 Å². The van der Waals surface area contributed by atoms with Gasteiger partial charge in [-0.15, -0.1) is 0 Å². The van der Waals surface area contributed by atoms with Crippen LogP contribution in [0.2, 0.25) is 0 Å². The molecule has 0 aliphatic rings. The highest BCUT2D eigenvalue weighted by atomic mass is 79.9. The number of carbonyl (C=O) groups is 1. The van der Waals surface area contributed by atoms with Crippen molar-refractivity contribution in [1.29, 1.82) is 0 Å². The first-order valence-corrected chi connectivity index (χ1v) is 12.5. The van der Waals surface area contributed by atoms with E-state index in [1.807, 2.05) is 24.3 Å². The average Bonchev–Trinajstić information content (AvgIpc) is 3.23. The number of ether oxygens (including phenoxy) is 1. The summed E-state index contributed by atoms with van der Waals surface area (Å²) < 4.78 is 8.68. The number of rotatable bonds is 5. The van der Waals surface area contributed by atoms with E-state index in [1.54, 1.807) is 13.2 Å². The molecular weight excluding hydrogens is 512 g/mol. The van der Waals surface area contributed by atoms with Gasteiger partial charge in [-0.2, -0.15) is 0 Å². The summed E-state index contributed by atoms with van der Waals surface area (Å²) in [6.07, 6.45) is 0. The summed E-state index contributed by atoms with van der Waals surface area (Å²) in [6, 6.07) is 32.8. The SMILES string of the molecule is COc1ccc(-c2ccc3c4c(C(N)=O)cccc4n(Cc4ccc5ccccc5c4Br)c3c2)cc1. The Hall–Kier alpha value is -4.09. The number of nitrogens with zero attached hydrogens (tertiary/aromatic N) is 1. The zero-order valence-electron chi connectivity index (χ0n) is 19.7. The maximum absolute atomic E-state index is 12.4. The molecule has 0 spiro atoms. The van der Waals surface area contributed by atoms with Crippen LogP contribution in [-0.4, -0.2) is 17.6 Å². The van der Waals surface area contributed by atoms with Crippen molar-refractivity contribution < 1.29 is 9.53 Å². The highest BCUT2D eigenvalue weighted by molar-refractivity contribution is 9.10. The van der Waals surface area contributed by atoms with Gasteiger partial charge in [0.2, 0.25) is 5.91 Å². The number of fused-ring (bicyclic) bond motifs is 4. The maximum Gasteiger partial charge on any atom is 0.249 e. The molecule has 1 heterocycles. The van der Waals surface area contributed by atoms with Crippen molar-refractivity contribution in [1.82, 2.24) is 4.57 Å².